The molecule has 0 saturated heterocycles. The van der Waals surface area contributed by atoms with Gasteiger partial charge < -0.3 is 0 Å². The second-order valence-corrected chi connectivity index (χ2v) is 20.2. The SMILES string of the molecule is C[C@@H]1C[C@@H]2C[C@H](C)CC(c3ccc(-c4nc(-c5ccccc5)nc(-c5ccc(-c6cccc(C#N)c6)c(-c6ccc(C78C[C@H](C)C[C@H](C[C@H](C)C7)C8)cc6)c5)n4)cc3)(C1)C2. The first-order chi connectivity index (χ1) is 29.1. The van der Waals surface area contributed by atoms with Gasteiger partial charge in [0.15, 0.2) is 17.5 Å². The molecular weight excluding hydrogens is 729 g/mol. The monoisotopic (exact) mass is 786 g/mol. The van der Waals surface area contributed by atoms with Crippen LogP contribution in [0.15, 0.2) is 121 Å². The quantitative estimate of drug-likeness (QED) is 0.162. The summed E-state index contributed by atoms with van der Waals surface area (Å²) in [6.07, 6.45) is 13.3. The third-order valence-electron chi connectivity index (χ3n) is 15.1. The van der Waals surface area contributed by atoms with Crippen LogP contribution in [0.5, 0.6) is 0 Å². The molecule has 5 aromatic carbocycles. The Balaban J connectivity index is 1.06. The summed E-state index contributed by atoms with van der Waals surface area (Å²) >= 11 is 0. The minimum Gasteiger partial charge on any atom is -0.208 e. The van der Waals surface area contributed by atoms with Gasteiger partial charge in [-0.2, -0.15) is 5.26 Å². The van der Waals surface area contributed by atoms with E-state index in [0.29, 0.717) is 23.0 Å². The van der Waals surface area contributed by atoms with Crippen molar-refractivity contribution >= 4 is 0 Å². The van der Waals surface area contributed by atoms with E-state index in [1.54, 1.807) is 0 Å². The zero-order chi connectivity index (χ0) is 41.0. The van der Waals surface area contributed by atoms with Gasteiger partial charge in [0.05, 0.1) is 11.6 Å². The van der Waals surface area contributed by atoms with Gasteiger partial charge >= 0.3 is 0 Å². The summed E-state index contributed by atoms with van der Waals surface area (Å²) in [5.41, 5.74) is 11.4. The van der Waals surface area contributed by atoms with Crippen molar-refractivity contribution in [1.82, 2.24) is 15.0 Å². The largest absolute Gasteiger partial charge is 0.208 e. The van der Waals surface area contributed by atoms with Crippen LogP contribution in [0.4, 0.5) is 0 Å². The van der Waals surface area contributed by atoms with E-state index in [2.05, 4.69) is 119 Å². The van der Waals surface area contributed by atoms with E-state index in [1.807, 2.05) is 36.4 Å². The van der Waals surface area contributed by atoms with Gasteiger partial charge in [0.25, 0.3) is 0 Å². The Bertz CT molecular complexity index is 2510. The van der Waals surface area contributed by atoms with E-state index in [-0.39, 0.29) is 10.8 Å². The third kappa shape index (κ3) is 7.40. The maximum Gasteiger partial charge on any atom is 0.164 e. The van der Waals surface area contributed by atoms with Crippen molar-refractivity contribution in [3.05, 3.63) is 138 Å². The number of nitrogens with zero attached hydrogens (tertiary/aromatic N) is 4. The Morgan fingerprint density at radius 2 is 0.883 bits per heavy atom. The molecule has 60 heavy (non-hydrogen) atoms. The highest BCUT2D eigenvalue weighted by molar-refractivity contribution is 5.87. The Morgan fingerprint density at radius 3 is 1.40 bits per heavy atom. The molecule has 6 aromatic rings. The van der Waals surface area contributed by atoms with Crippen molar-refractivity contribution in [3.8, 4) is 62.5 Å². The first-order valence-electron chi connectivity index (χ1n) is 22.8. The van der Waals surface area contributed by atoms with E-state index < -0.39 is 0 Å². The predicted molar refractivity (Wildman–Crippen MR) is 245 cm³/mol. The highest BCUT2D eigenvalue weighted by atomic mass is 15.0. The summed E-state index contributed by atoms with van der Waals surface area (Å²) in [6.45, 7) is 9.85. The minimum atomic E-state index is 0.267. The lowest BCUT2D eigenvalue weighted by Crippen LogP contribution is -2.42. The average Bonchev–Trinajstić information content (AvgIpc) is 3.25. The van der Waals surface area contributed by atoms with Gasteiger partial charge in [-0.05, 0) is 162 Å². The molecule has 0 amide bonds. The van der Waals surface area contributed by atoms with Crippen molar-refractivity contribution in [1.29, 1.82) is 5.26 Å². The number of nitriles is 1. The summed E-state index contributed by atoms with van der Waals surface area (Å²) < 4.78 is 0. The van der Waals surface area contributed by atoms with Gasteiger partial charge in [-0.15, -0.1) is 0 Å². The Morgan fingerprint density at radius 1 is 0.433 bits per heavy atom. The van der Waals surface area contributed by atoms with Crippen molar-refractivity contribution in [2.75, 3.05) is 0 Å². The first-order valence-corrected chi connectivity index (χ1v) is 22.8. The molecule has 10 rings (SSSR count). The highest BCUT2D eigenvalue weighted by Gasteiger charge is 2.46. The minimum absolute atomic E-state index is 0.267. The summed E-state index contributed by atoms with van der Waals surface area (Å²) in [5, 5.41) is 9.86. The molecule has 4 fully saturated rings. The molecule has 8 atom stereocenters. The fourth-order valence-electron chi connectivity index (χ4n) is 13.4. The van der Waals surface area contributed by atoms with Crippen LogP contribution in [0.25, 0.3) is 56.4 Å². The number of rotatable bonds is 7. The zero-order valence-electron chi connectivity index (χ0n) is 35.9. The number of hydrogen-bond donors (Lipinski definition) is 0. The molecule has 4 nitrogen and oxygen atoms in total. The molecule has 302 valence electrons. The Kier molecular flexibility index (Phi) is 10.1. The maximum absolute atomic E-state index is 9.86. The van der Waals surface area contributed by atoms with Crippen molar-refractivity contribution < 1.29 is 0 Å². The van der Waals surface area contributed by atoms with Crippen LogP contribution < -0.4 is 0 Å². The standard InChI is InChI=1S/C56H58N4/c1-36-23-41-24-37(2)30-55(29-36,33-41)48-18-13-43(14-19-48)51-28-47(17-22-50(51)46-12-8-9-40(27-46)35-57)54-59-52(44-10-6-5-7-11-44)58-53(60-54)45-15-20-49(21-16-45)56-31-38(3)25-42(34-56)26-39(4)32-56/h5-22,27-28,36-39,41-42H,23-26,29-34H2,1-4H3/t36-,37+,38-,39+,41-,42-,55?,56?. The lowest BCUT2D eigenvalue weighted by molar-refractivity contribution is 0.0779. The fourth-order valence-corrected chi connectivity index (χ4v) is 13.4. The molecule has 4 aliphatic rings. The van der Waals surface area contributed by atoms with E-state index in [1.165, 1.54) is 75.3 Å². The fraction of sp³-hybridized carbons (Fsp3) is 0.393. The van der Waals surface area contributed by atoms with Crippen LogP contribution in [-0.4, -0.2) is 15.0 Å². The zero-order valence-corrected chi connectivity index (χ0v) is 35.9. The molecule has 0 radical (unpaired) electrons. The maximum atomic E-state index is 9.86. The lowest BCUT2D eigenvalue weighted by atomic mass is 9.54. The summed E-state index contributed by atoms with van der Waals surface area (Å²) in [4.78, 5) is 15.5. The van der Waals surface area contributed by atoms with Crippen LogP contribution >= 0.6 is 0 Å². The molecule has 0 spiro atoms. The summed E-state index contributed by atoms with van der Waals surface area (Å²) in [6, 6.07) is 46.0. The Hall–Kier alpha value is -5.40. The molecule has 4 bridgehead atoms. The lowest BCUT2D eigenvalue weighted by Gasteiger charge is -2.50. The van der Waals surface area contributed by atoms with Crippen molar-refractivity contribution in [2.24, 2.45) is 35.5 Å². The molecule has 4 aliphatic carbocycles. The average molecular weight is 787 g/mol. The van der Waals surface area contributed by atoms with Crippen LogP contribution in [0.2, 0.25) is 0 Å². The van der Waals surface area contributed by atoms with Gasteiger partial charge in [0, 0.05) is 16.7 Å². The smallest absolute Gasteiger partial charge is 0.164 e. The normalized spacial score (nSPS) is 28.4. The molecule has 4 saturated carbocycles. The second-order valence-electron chi connectivity index (χ2n) is 20.2. The van der Waals surface area contributed by atoms with Gasteiger partial charge in [0.2, 0.25) is 0 Å². The van der Waals surface area contributed by atoms with E-state index in [0.717, 1.165) is 74.5 Å². The van der Waals surface area contributed by atoms with E-state index in [4.69, 9.17) is 15.0 Å². The highest BCUT2D eigenvalue weighted by Crippen LogP contribution is 2.55. The number of hydrogen-bond acceptors (Lipinski definition) is 4. The van der Waals surface area contributed by atoms with E-state index in [9.17, 15) is 5.26 Å². The predicted octanol–water partition coefficient (Wildman–Crippen LogP) is 14.3. The molecule has 0 N–H and O–H groups in total. The molecule has 1 heterocycles. The van der Waals surface area contributed by atoms with Crippen LogP contribution in [-0.2, 0) is 10.8 Å². The molecule has 4 heteroatoms. The molecule has 1 aromatic heterocycles. The number of fused-ring (bicyclic) bond motifs is 4. The van der Waals surface area contributed by atoms with Gasteiger partial charge in [-0.25, -0.2) is 15.0 Å². The van der Waals surface area contributed by atoms with Crippen molar-refractivity contribution in [3.63, 3.8) is 0 Å². The van der Waals surface area contributed by atoms with Gasteiger partial charge in [0.1, 0.15) is 0 Å². The molecular formula is C56H58N4. The van der Waals surface area contributed by atoms with Crippen LogP contribution in [0.3, 0.4) is 0 Å². The first kappa shape index (κ1) is 38.8. The van der Waals surface area contributed by atoms with Crippen LogP contribution in [0.1, 0.15) is 109 Å². The summed E-state index contributed by atoms with van der Waals surface area (Å²) in [7, 11) is 0. The third-order valence-corrected chi connectivity index (χ3v) is 15.1. The van der Waals surface area contributed by atoms with Gasteiger partial charge in [-0.1, -0.05) is 131 Å². The van der Waals surface area contributed by atoms with Crippen molar-refractivity contribution in [2.45, 2.75) is 103 Å². The number of aromatic nitrogens is 3. The van der Waals surface area contributed by atoms with Crippen LogP contribution in [0, 0.1) is 46.8 Å². The van der Waals surface area contributed by atoms with Gasteiger partial charge in [-0.3, -0.25) is 0 Å². The second kappa shape index (κ2) is 15.6. The topological polar surface area (TPSA) is 62.5 Å². The molecule has 2 unspecified atom stereocenters. The summed E-state index contributed by atoms with van der Waals surface area (Å²) in [5.74, 6) is 6.74. The van der Waals surface area contributed by atoms with E-state index >= 15 is 0 Å². The number of benzene rings is 5. The Labute approximate surface area is 357 Å². The molecule has 0 aliphatic heterocycles.